The highest BCUT2D eigenvalue weighted by atomic mass is 32.1. The first kappa shape index (κ1) is 15.5. The molecule has 114 valence electrons. The van der Waals surface area contributed by atoms with Crippen molar-refractivity contribution in [3.05, 3.63) is 42.5 Å². The molecule has 0 fully saturated rings. The molecule has 6 nitrogen and oxygen atoms in total. The summed E-state index contributed by atoms with van der Waals surface area (Å²) in [6.07, 6.45) is 2.64. The highest BCUT2D eigenvalue weighted by Gasteiger charge is 2.22. The predicted octanol–water partition coefficient (Wildman–Crippen LogP) is 1.99. The standard InChI is InChI=1S/C14H19N3O3S/c1-5-9-6-15-12(21-9)8(4)17-13(19)10(7(2)3)11(18)16-14(17)20/h6-8,19H,5H2,1-4H3,(H,16,18,20). The van der Waals surface area contributed by atoms with Crippen molar-refractivity contribution in [3.8, 4) is 5.88 Å². The first-order valence-electron chi connectivity index (χ1n) is 6.89. The lowest BCUT2D eigenvalue weighted by Crippen LogP contribution is -2.34. The third-order valence-corrected chi connectivity index (χ3v) is 4.71. The number of aromatic hydroxyl groups is 1. The van der Waals surface area contributed by atoms with Crippen LogP contribution in [0.15, 0.2) is 15.8 Å². The predicted molar refractivity (Wildman–Crippen MR) is 82.4 cm³/mol. The Morgan fingerprint density at radius 1 is 1.38 bits per heavy atom. The molecule has 1 atom stereocenters. The molecule has 0 saturated heterocycles. The second kappa shape index (κ2) is 5.85. The van der Waals surface area contributed by atoms with E-state index in [4.69, 9.17) is 0 Å². The van der Waals surface area contributed by atoms with Gasteiger partial charge < -0.3 is 5.11 Å². The number of nitrogens with zero attached hydrogens (tertiary/aromatic N) is 2. The number of rotatable bonds is 4. The van der Waals surface area contributed by atoms with Gasteiger partial charge in [0.25, 0.3) is 5.56 Å². The summed E-state index contributed by atoms with van der Waals surface area (Å²) >= 11 is 1.50. The second-order valence-corrected chi connectivity index (χ2v) is 6.36. The number of aromatic nitrogens is 3. The molecule has 0 spiro atoms. The van der Waals surface area contributed by atoms with Gasteiger partial charge in [-0.05, 0) is 19.3 Å². The van der Waals surface area contributed by atoms with Crippen LogP contribution in [0.5, 0.6) is 5.88 Å². The number of aromatic amines is 1. The monoisotopic (exact) mass is 309 g/mol. The zero-order valence-corrected chi connectivity index (χ0v) is 13.3. The fraction of sp³-hybridized carbons (Fsp3) is 0.500. The number of H-pyrrole nitrogens is 1. The van der Waals surface area contributed by atoms with Gasteiger partial charge in [-0.1, -0.05) is 20.8 Å². The molecule has 2 aromatic heterocycles. The molecular weight excluding hydrogens is 290 g/mol. The van der Waals surface area contributed by atoms with Crippen molar-refractivity contribution in [1.29, 1.82) is 0 Å². The molecule has 0 aliphatic rings. The highest BCUT2D eigenvalue weighted by molar-refractivity contribution is 7.11. The van der Waals surface area contributed by atoms with Gasteiger partial charge in [-0.3, -0.25) is 14.3 Å². The van der Waals surface area contributed by atoms with E-state index in [0.29, 0.717) is 0 Å². The first-order valence-corrected chi connectivity index (χ1v) is 7.70. The summed E-state index contributed by atoms with van der Waals surface area (Å²) < 4.78 is 1.19. The number of nitrogens with one attached hydrogen (secondary N) is 1. The Morgan fingerprint density at radius 2 is 2.05 bits per heavy atom. The van der Waals surface area contributed by atoms with E-state index in [0.717, 1.165) is 16.3 Å². The fourth-order valence-corrected chi connectivity index (χ4v) is 3.12. The number of aryl methyl sites for hydroxylation is 1. The van der Waals surface area contributed by atoms with Crippen LogP contribution >= 0.6 is 11.3 Å². The zero-order valence-electron chi connectivity index (χ0n) is 12.5. The Bertz CT molecular complexity index is 758. The Kier molecular flexibility index (Phi) is 4.32. The van der Waals surface area contributed by atoms with E-state index in [-0.39, 0.29) is 17.4 Å². The maximum absolute atomic E-state index is 12.1. The summed E-state index contributed by atoms with van der Waals surface area (Å²) in [5.74, 6) is -0.463. The van der Waals surface area contributed by atoms with Gasteiger partial charge >= 0.3 is 5.69 Å². The van der Waals surface area contributed by atoms with Crippen LogP contribution in [0.1, 0.15) is 55.1 Å². The van der Waals surface area contributed by atoms with Gasteiger partial charge in [0, 0.05) is 11.1 Å². The molecule has 0 aromatic carbocycles. The lowest BCUT2D eigenvalue weighted by atomic mass is 10.1. The highest BCUT2D eigenvalue weighted by Crippen LogP contribution is 2.28. The minimum absolute atomic E-state index is 0.185. The third kappa shape index (κ3) is 2.78. The minimum atomic E-state index is -0.623. The van der Waals surface area contributed by atoms with Gasteiger partial charge in [-0.25, -0.2) is 9.78 Å². The maximum Gasteiger partial charge on any atom is 0.331 e. The smallest absolute Gasteiger partial charge is 0.331 e. The van der Waals surface area contributed by atoms with Gasteiger partial charge in [0.15, 0.2) is 0 Å². The lowest BCUT2D eigenvalue weighted by Gasteiger charge is -2.17. The minimum Gasteiger partial charge on any atom is -0.494 e. The van der Waals surface area contributed by atoms with Crippen LogP contribution in [0, 0.1) is 0 Å². The molecule has 2 heterocycles. The molecule has 21 heavy (non-hydrogen) atoms. The van der Waals surface area contributed by atoms with E-state index in [1.807, 2.05) is 6.92 Å². The quantitative estimate of drug-likeness (QED) is 0.904. The van der Waals surface area contributed by atoms with Crippen molar-refractivity contribution in [2.24, 2.45) is 0 Å². The van der Waals surface area contributed by atoms with Crippen molar-refractivity contribution < 1.29 is 5.11 Å². The van der Waals surface area contributed by atoms with Crippen molar-refractivity contribution in [1.82, 2.24) is 14.5 Å². The van der Waals surface area contributed by atoms with Crippen LogP contribution in [0.2, 0.25) is 0 Å². The fourth-order valence-electron chi connectivity index (χ4n) is 2.22. The molecule has 7 heteroatoms. The van der Waals surface area contributed by atoms with Crippen LogP contribution in [0.4, 0.5) is 0 Å². The van der Waals surface area contributed by atoms with Crippen LogP contribution in [0.3, 0.4) is 0 Å². The summed E-state index contributed by atoms with van der Waals surface area (Å²) in [5.41, 5.74) is -0.944. The Hall–Kier alpha value is -1.89. The molecule has 0 saturated carbocycles. The Balaban J connectivity index is 2.60. The lowest BCUT2D eigenvalue weighted by molar-refractivity contribution is 0.378. The second-order valence-electron chi connectivity index (χ2n) is 5.22. The van der Waals surface area contributed by atoms with Crippen molar-refractivity contribution in [2.45, 2.75) is 46.1 Å². The molecule has 2 aromatic rings. The van der Waals surface area contributed by atoms with Crippen molar-refractivity contribution in [2.75, 3.05) is 0 Å². The Labute approximate surface area is 126 Å². The van der Waals surface area contributed by atoms with Gasteiger partial charge in [-0.2, -0.15) is 0 Å². The van der Waals surface area contributed by atoms with Crippen LogP contribution in [-0.2, 0) is 6.42 Å². The van der Waals surface area contributed by atoms with E-state index >= 15 is 0 Å². The van der Waals surface area contributed by atoms with Crippen LogP contribution in [-0.4, -0.2) is 19.6 Å². The molecule has 0 amide bonds. The van der Waals surface area contributed by atoms with Crippen LogP contribution in [0.25, 0.3) is 0 Å². The van der Waals surface area contributed by atoms with Crippen LogP contribution < -0.4 is 11.2 Å². The average molecular weight is 309 g/mol. The summed E-state index contributed by atoms with van der Waals surface area (Å²) in [5, 5.41) is 11.1. The van der Waals surface area contributed by atoms with Gasteiger partial charge in [0.05, 0.1) is 11.6 Å². The van der Waals surface area contributed by atoms with Gasteiger partial charge in [-0.15, -0.1) is 11.3 Å². The van der Waals surface area contributed by atoms with Gasteiger partial charge in [0.1, 0.15) is 5.01 Å². The van der Waals surface area contributed by atoms with E-state index in [2.05, 4.69) is 9.97 Å². The zero-order chi connectivity index (χ0) is 15.7. The molecule has 2 N–H and O–H groups in total. The van der Waals surface area contributed by atoms with E-state index in [9.17, 15) is 14.7 Å². The van der Waals surface area contributed by atoms with E-state index in [1.165, 1.54) is 15.9 Å². The molecule has 1 unspecified atom stereocenters. The number of hydrogen-bond acceptors (Lipinski definition) is 5. The molecule has 2 rings (SSSR count). The van der Waals surface area contributed by atoms with E-state index in [1.54, 1.807) is 27.0 Å². The molecule has 0 bridgehead atoms. The third-order valence-electron chi connectivity index (χ3n) is 3.39. The van der Waals surface area contributed by atoms with E-state index < -0.39 is 17.3 Å². The summed E-state index contributed by atoms with van der Waals surface area (Å²) in [4.78, 5) is 31.6. The SMILES string of the molecule is CCc1cnc(C(C)n2c(O)c(C(C)C)c(=O)[nH]c2=O)s1. The topological polar surface area (TPSA) is 88.0 Å². The molecule has 0 aliphatic carbocycles. The summed E-state index contributed by atoms with van der Waals surface area (Å²) in [7, 11) is 0. The Morgan fingerprint density at radius 3 is 2.57 bits per heavy atom. The molecular formula is C14H19N3O3S. The van der Waals surface area contributed by atoms with Crippen molar-refractivity contribution in [3.63, 3.8) is 0 Å². The first-order chi connectivity index (χ1) is 9.86. The largest absolute Gasteiger partial charge is 0.494 e. The normalized spacial score (nSPS) is 12.8. The number of thiazole rings is 1. The summed E-state index contributed by atoms with van der Waals surface area (Å²) in [6.45, 7) is 7.40. The average Bonchev–Trinajstić information content (AvgIpc) is 2.85. The molecule has 0 aliphatic heterocycles. The number of hydrogen-bond donors (Lipinski definition) is 2. The van der Waals surface area contributed by atoms with Crippen molar-refractivity contribution >= 4 is 11.3 Å². The van der Waals surface area contributed by atoms with Gasteiger partial charge in [0.2, 0.25) is 5.88 Å². The molecule has 0 radical (unpaired) electrons. The maximum atomic E-state index is 12.1. The summed E-state index contributed by atoms with van der Waals surface area (Å²) in [6, 6.07) is -0.433.